The van der Waals surface area contributed by atoms with Crippen molar-refractivity contribution in [3.63, 3.8) is 0 Å². The standard InChI is InChI=1S/C15H32N2OS/c1-6-15(7-2,19-5)12-17-13(18)8-9-14(3,4)10-11-16/h6-12,16H2,1-5H3,(H,17,18). The Labute approximate surface area is 123 Å². The van der Waals surface area contributed by atoms with Crippen molar-refractivity contribution >= 4 is 17.7 Å². The van der Waals surface area contributed by atoms with Gasteiger partial charge < -0.3 is 11.1 Å². The number of hydrogen-bond acceptors (Lipinski definition) is 3. The fourth-order valence-electron chi connectivity index (χ4n) is 2.18. The molecule has 0 bridgehead atoms. The summed E-state index contributed by atoms with van der Waals surface area (Å²) in [5.41, 5.74) is 5.75. The first-order valence-electron chi connectivity index (χ1n) is 7.36. The van der Waals surface area contributed by atoms with E-state index in [2.05, 4.69) is 39.3 Å². The molecule has 114 valence electrons. The average Bonchev–Trinajstić information content (AvgIpc) is 2.39. The zero-order valence-electron chi connectivity index (χ0n) is 13.3. The molecule has 0 aromatic heterocycles. The van der Waals surface area contributed by atoms with Gasteiger partial charge in [0, 0.05) is 17.7 Å². The van der Waals surface area contributed by atoms with E-state index in [1.165, 1.54) is 0 Å². The molecular weight excluding hydrogens is 256 g/mol. The molecule has 0 aromatic carbocycles. The van der Waals surface area contributed by atoms with E-state index in [0.29, 0.717) is 13.0 Å². The Morgan fingerprint density at radius 1 is 1.21 bits per heavy atom. The molecule has 0 aliphatic rings. The molecule has 0 saturated carbocycles. The highest BCUT2D eigenvalue weighted by molar-refractivity contribution is 8.00. The van der Waals surface area contributed by atoms with Crippen LogP contribution in [0.2, 0.25) is 0 Å². The summed E-state index contributed by atoms with van der Waals surface area (Å²) < 4.78 is 0.197. The Kier molecular flexibility index (Phi) is 8.75. The smallest absolute Gasteiger partial charge is 0.220 e. The molecular formula is C15H32N2OS. The second-order valence-corrected chi connectivity index (χ2v) is 7.35. The Balaban J connectivity index is 4.12. The van der Waals surface area contributed by atoms with Crippen molar-refractivity contribution in [1.82, 2.24) is 5.32 Å². The van der Waals surface area contributed by atoms with Crippen LogP contribution in [0, 0.1) is 5.41 Å². The second-order valence-electron chi connectivity index (χ2n) is 6.07. The largest absolute Gasteiger partial charge is 0.355 e. The minimum atomic E-state index is 0.165. The number of thioether (sulfide) groups is 1. The first-order chi connectivity index (χ1) is 8.84. The van der Waals surface area contributed by atoms with Gasteiger partial charge in [0.15, 0.2) is 0 Å². The molecule has 0 spiro atoms. The Hall–Kier alpha value is -0.220. The predicted molar refractivity (Wildman–Crippen MR) is 86.5 cm³/mol. The molecule has 0 aliphatic carbocycles. The molecule has 0 atom stereocenters. The third-order valence-corrected chi connectivity index (χ3v) is 5.77. The van der Waals surface area contributed by atoms with Crippen LogP contribution >= 0.6 is 11.8 Å². The van der Waals surface area contributed by atoms with Gasteiger partial charge in [0.05, 0.1) is 0 Å². The van der Waals surface area contributed by atoms with E-state index in [1.807, 2.05) is 11.8 Å². The van der Waals surface area contributed by atoms with Crippen LogP contribution in [-0.2, 0) is 4.79 Å². The van der Waals surface area contributed by atoms with Gasteiger partial charge in [-0.05, 0) is 43.9 Å². The molecule has 0 aliphatic heterocycles. The summed E-state index contributed by atoms with van der Waals surface area (Å²) in [6.07, 6.45) is 6.78. The van der Waals surface area contributed by atoms with E-state index in [9.17, 15) is 4.79 Å². The quantitative estimate of drug-likeness (QED) is 0.649. The lowest BCUT2D eigenvalue weighted by Crippen LogP contribution is -2.39. The third-order valence-electron chi connectivity index (χ3n) is 4.18. The maximum Gasteiger partial charge on any atom is 0.220 e. The zero-order chi connectivity index (χ0) is 14.9. The van der Waals surface area contributed by atoms with Gasteiger partial charge in [0.25, 0.3) is 0 Å². The van der Waals surface area contributed by atoms with E-state index < -0.39 is 0 Å². The molecule has 0 unspecified atom stereocenters. The topological polar surface area (TPSA) is 55.1 Å². The van der Waals surface area contributed by atoms with Gasteiger partial charge in [-0.25, -0.2) is 0 Å². The summed E-state index contributed by atoms with van der Waals surface area (Å²) >= 11 is 1.86. The molecule has 1 amide bonds. The summed E-state index contributed by atoms with van der Waals surface area (Å²) in [6.45, 7) is 10.2. The minimum Gasteiger partial charge on any atom is -0.355 e. The highest BCUT2D eigenvalue weighted by Gasteiger charge is 2.25. The van der Waals surface area contributed by atoms with Crippen molar-refractivity contribution in [2.45, 2.75) is 64.5 Å². The van der Waals surface area contributed by atoms with Gasteiger partial charge in [-0.15, -0.1) is 0 Å². The maximum atomic E-state index is 11.9. The summed E-state index contributed by atoms with van der Waals surface area (Å²) in [7, 11) is 0. The number of carbonyl (C=O) groups is 1. The SMILES string of the molecule is CCC(CC)(CNC(=O)CCC(C)(C)CCN)SC. The zero-order valence-corrected chi connectivity index (χ0v) is 14.2. The van der Waals surface area contributed by atoms with Crippen LogP contribution in [0.15, 0.2) is 0 Å². The summed E-state index contributed by atoms with van der Waals surface area (Å²) in [4.78, 5) is 11.9. The molecule has 0 heterocycles. The highest BCUT2D eigenvalue weighted by atomic mass is 32.2. The number of nitrogens with one attached hydrogen (secondary N) is 1. The predicted octanol–water partition coefficient (Wildman–Crippen LogP) is 3.18. The Morgan fingerprint density at radius 2 is 1.79 bits per heavy atom. The molecule has 3 N–H and O–H groups in total. The van der Waals surface area contributed by atoms with Crippen molar-refractivity contribution in [3.8, 4) is 0 Å². The van der Waals surface area contributed by atoms with Gasteiger partial charge in [-0.1, -0.05) is 27.7 Å². The van der Waals surface area contributed by atoms with Crippen LogP contribution in [0.1, 0.15) is 59.8 Å². The summed E-state index contributed by atoms with van der Waals surface area (Å²) in [6, 6.07) is 0. The van der Waals surface area contributed by atoms with Crippen LogP contribution < -0.4 is 11.1 Å². The highest BCUT2D eigenvalue weighted by Crippen LogP contribution is 2.30. The monoisotopic (exact) mass is 288 g/mol. The van der Waals surface area contributed by atoms with E-state index in [1.54, 1.807) is 0 Å². The van der Waals surface area contributed by atoms with E-state index >= 15 is 0 Å². The number of nitrogens with two attached hydrogens (primary N) is 1. The molecule has 19 heavy (non-hydrogen) atoms. The van der Waals surface area contributed by atoms with Crippen molar-refractivity contribution in [1.29, 1.82) is 0 Å². The normalized spacial score (nSPS) is 12.5. The van der Waals surface area contributed by atoms with Gasteiger partial charge >= 0.3 is 0 Å². The van der Waals surface area contributed by atoms with Crippen LogP contribution in [0.4, 0.5) is 0 Å². The van der Waals surface area contributed by atoms with Gasteiger partial charge in [0.1, 0.15) is 0 Å². The lowest BCUT2D eigenvalue weighted by atomic mass is 9.84. The van der Waals surface area contributed by atoms with Crippen LogP contribution in [0.25, 0.3) is 0 Å². The van der Waals surface area contributed by atoms with Gasteiger partial charge in [0.2, 0.25) is 5.91 Å². The van der Waals surface area contributed by atoms with E-state index in [4.69, 9.17) is 5.73 Å². The number of rotatable bonds is 10. The molecule has 0 radical (unpaired) electrons. The molecule has 4 heteroatoms. The van der Waals surface area contributed by atoms with Gasteiger partial charge in [-0.3, -0.25) is 4.79 Å². The van der Waals surface area contributed by atoms with E-state index in [0.717, 1.165) is 32.2 Å². The maximum absolute atomic E-state index is 11.9. The molecule has 3 nitrogen and oxygen atoms in total. The Bertz CT molecular complexity index is 255. The first kappa shape index (κ1) is 18.8. The third kappa shape index (κ3) is 7.21. The number of amides is 1. The van der Waals surface area contributed by atoms with Crippen molar-refractivity contribution in [2.75, 3.05) is 19.3 Å². The molecule has 0 aromatic rings. The fourth-order valence-corrected chi connectivity index (χ4v) is 2.97. The van der Waals surface area contributed by atoms with Crippen LogP contribution in [0.3, 0.4) is 0 Å². The number of carbonyl (C=O) groups excluding carboxylic acids is 1. The minimum absolute atomic E-state index is 0.165. The second kappa shape index (κ2) is 8.85. The Morgan fingerprint density at radius 3 is 2.21 bits per heavy atom. The molecule has 0 fully saturated rings. The average molecular weight is 289 g/mol. The van der Waals surface area contributed by atoms with Crippen molar-refractivity contribution in [3.05, 3.63) is 0 Å². The fraction of sp³-hybridized carbons (Fsp3) is 0.933. The van der Waals surface area contributed by atoms with Crippen molar-refractivity contribution < 1.29 is 4.79 Å². The first-order valence-corrected chi connectivity index (χ1v) is 8.59. The van der Waals surface area contributed by atoms with Crippen molar-refractivity contribution in [2.24, 2.45) is 11.1 Å². The summed E-state index contributed by atoms with van der Waals surface area (Å²) in [5.74, 6) is 0.172. The molecule has 0 rings (SSSR count). The summed E-state index contributed by atoms with van der Waals surface area (Å²) in [5, 5.41) is 3.10. The van der Waals surface area contributed by atoms with Crippen LogP contribution in [-0.4, -0.2) is 30.0 Å². The lowest BCUT2D eigenvalue weighted by Gasteiger charge is -2.30. The molecule has 0 saturated heterocycles. The van der Waals surface area contributed by atoms with Crippen LogP contribution in [0.5, 0.6) is 0 Å². The number of hydrogen-bond donors (Lipinski definition) is 2. The lowest BCUT2D eigenvalue weighted by molar-refractivity contribution is -0.121. The van der Waals surface area contributed by atoms with Gasteiger partial charge in [-0.2, -0.15) is 11.8 Å². The van der Waals surface area contributed by atoms with E-state index in [-0.39, 0.29) is 16.1 Å².